The zero-order valence-electron chi connectivity index (χ0n) is 17.1. The van der Waals surface area contributed by atoms with E-state index < -0.39 is 6.04 Å². The Balaban J connectivity index is 1.88. The molecule has 29 heavy (non-hydrogen) atoms. The molecule has 0 bridgehead atoms. The summed E-state index contributed by atoms with van der Waals surface area (Å²) in [6.45, 7) is 4.95. The number of nitrogens with two attached hydrogens (primary N) is 1. The quantitative estimate of drug-likeness (QED) is 0.569. The smallest absolute Gasteiger partial charge is 0.181 e. The van der Waals surface area contributed by atoms with Gasteiger partial charge in [0, 0.05) is 5.56 Å². The molecule has 1 aromatic heterocycles. The van der Waals surface area contributed by atoms with Gasteiger partial charge in [-0.05, 0) is 49.7 Å². The van der Waals surface area contributed by atoms with Crippen LogP contribution >= 0.6 is 0 Å². The topological polar surface area (TPSA) is 105 Å². The fourth-order valence-corrected chi connectivity index (χ4v) is 2.94. The molecule has 0 radical (unpaired) electrons. The van der Waals surface area contributed by atoms with Crippen LogP contribution in [-0.2, 0) is 0 Å². The first kappa shape index (κ1) is 20.5. The van der Waals surface area contributed by atoms with E-state index in [2.05, 4.69) is 15.2 Å². The van der Waals surface area contributed by atoms with E-state index in [4.69, 9.17) is 24.7 Å². The summed E-state index contributed by atoms with van der Waals surface area (Å²) in [5.41, 5.74) is 8.02. The van der Waals surface area contributed by atoms with Gasteiger partial charge in [-0.15, -0.1) is 0 Å². The van der Waals surface area contributed by atoms with Crippen LogP contribution in [0.15, 0.2) is 36.4 Å². The maximum atomic E-state index is 6.39. The molecule has 3 aromatic rings. The lowest BCUT2D eigenvalue weighted by molar-refractivity contribution is 0.288. The maximum absolute atomic E-state index is 6.39. The van der Waals surface area contributed by atoms with Gasteiger partial charge < -0.3 is 24.7 Å². The van der Waals surface area contributed by atoms with Crippen molar-refractivity contribution in [3.63, 3.8) is 0 Å². The van der Waals surface area contributed by atoms with Gasteiger partial charge >= 0.3 is 0 Å². The zero-order chi connectivity index (χ0) is 20.8. The fraction of sp³-hybridized carbons (Fsp3) is 0.333. The minimum absolute atomic E-state index is 0.495. The van der Waals surface area contributed by atoms with Crippen LogP contribution in [0.2, 0.25) is 0 Å². The summed E-state index contributed by atoms with van der Waals surface area (Å²) in [6.07, 6.45) is 0. The van der Waals surface area contributed by atoms with Crippen LogP contribution in [0, 0.1) is 0 Å². The second-order valence-electron chi connectivity index (χ2n) is 6.16. The van der Waals surface area contributed by atoms with Gasteiger partial charge in [-0.1, -0.05) is 6.07 Å². The number of hydrogen-bond donors (Lipinski definition) is 2. The van der Waals surface area contributed by atoms with E-state index in [1.807, 2.05) is 50.2 Å². The van der Waals surface area contributed by atoms with Gasteiger partial charge in [0.15, 0.2) is 28.8 Å². The van der Waals surface area contributed by atoms with Crippen LogP contribution in [0.4, 0.5) is 0 Å². The van der Waals surface area contributed by atoms with Crippen LogP contribution in [0.3, 0.4) is 0 Å². The van der Waals surface area contributed by atoms with Gasteiger partial charge in [-0.25, -0.2) is 4.98 Å². The molecule has 0 saturated carbocycles. The molecule has 2 aromatic carbocycles. The van der Waals surface area contributed by atoms with Gasteiger partial charge in [0.25, 0.3) is 0 Å². The number of nitrogens with one attached hydrogen (secondary N) is 1. The number of methoxy groups -OCH3 is 2. The van der Waals surface area contributed by atoms with Crippen LogP contribution in [0.5, 0.6) is 23.0 Å². The number of aromatic nitrogens is 3. The lowest BCUT2D eigenvalue weighted by atomic mass is 10.1. The number of hydrogen-bond acceptors (Lipinski definition) is 7. The standard InChI is InChI=1S/C21H26N4O4/c1-5-28-16-10-8-14(12-18(16)29-6-2)20-23-21(25-24-20)19(22)13-7-9-15(26-3)17(11-13)27-4/h7-12,19H,5-6,22H2,1-4H3,(H,23,24,25)/t19-/m0/s1. The molecule has 0 fully saturated rings. The van der Waals surface area contributed by atoms with Crippen molar-refractivity contribution >= 4 is 0 Å². The SMILES string of the molecule is CCOc1ccc(-c2n[nH]c([C@@H](N)c3ccc(OC)c(OC)c3)n2)cc1OCC. The zero-order valence-corrected chi connectivity index (χ0v) is 17.1. The van der Waals surface area contributed by atoms with Gasteiger partial charge in [0.1, 0.15) is 5.82 Å². The van der Waals surface area contributed by atoms with E-state index in [9.17, 15) is 0 Å². The van der Waals surface area contributed by atoms with Gasteiger partial charge in [0.2, 0.25) is 0 Å². The predicted octanol–water partition coefficient (Wildman–Crippen LogP) is 3.33. The second-order valence-corrected chi connectivity index (χ2v) is 6.16. The largest absolute Gasteiger partial charge is 0.493 e. The normalized spacial score (nSPS) is 11.8. The molecule has 0 aliphatic rings. The molecule has 0 unspecified atom stereocenters. The minimum Gasteiger partial charge on any atom is -0.493 e. The van der Waals surface area contributed by atoms with Crippen molar-refractivity contribution in [3.8, 4) is 34.4 Å². The van der Waals surface area contributed by atoms with Crippen LogP contribution in [-0.4, -0.2) is 42.6 Å². The van der Waals surface area contributed by atoms with Crippen molar-refractivity contribution in [2.24, 2.45) is 5.73 Å². The number of H-pyrrole nitrogens is 1. The Hall–Kier alpha value is -3.26. The van der Waals surface area contributed by atoms with E-state index in [-0.39, 0.29) is 0 Å². The molecule has 0 aliphatic carbocycles. The number of nitrogens with zero attached hydrogens (tertiary/aromatic N) is 2. The summed E-state index contributed by atoms with van der Waals surface area (Å²) in [7, 11) is 3.18. The Labute approximate surface area is 170 Å². The Morgan fingerprint density at radius 3 is 2.28 bits per heavy atom. The first-order valence-electron chi connectivity index (χ1n) is 9.41. The third-order valence-corrected chi connectivity index (χ3v) is 4.37. The lowest BCUT2D eigenvalue weighted by Crippen LogP contribution is -2.14. The second kappa shape index (κ2) is 9.29. The summed E-state index contributed by atoms with van der Waals surface area (Å²) >= 11 is 0. The van der Waals surface area contributed by atoms with Crippen LogP contribution in [0.1, 0.15) is 31.3 Å². The lowest BCUT2D eigenvalue weighted by Gasteiger charge is -2.13. The molecule has 8 nitrogen and oxygen atoms in total. The molecular weight excluding hydrogens is 372 g/mol. The molecule has 1 atom stereocenters. The molecule has 0 spiro atoms. The summed E-state index contributed by atoms with van der Waals surface area (Å²) < 4.78 is 21.9. The highest BCUT2D eigenvalue weighted by atomic mass is 16.5. The van der Waals surface area contributed by atoms with E-state index in [1.165, 1.54) is 0 Å². The summed E-state index contributed by atoms with van der Waals surface area (Å²) in [5, 5.41) is 7.25. The minimum atomic E-state index is -0.495. The van der Waals surface area contributed by atoms with Crippen molar-refractivity contribution < 1.29 is 18.9 Å². The Bertz CT molecular complexity index is 958. The van der Waals surface area contributed by atoms with Crippen molar-refractivity contribution in [1.82, 2.24) is 15.2 Å². The van der Waals surface area contributed by atoms with Gasteiger partial charge in [0.05, 0.1) is 33.5 Å². The van der Waals surface area contributed by atoms with Crippen molar-refractivity contribution in [2.75, 3.05) is 27.4 Å². The monoisotopic (exact) mass is 398 g/mol. The number of aromatic amines is 1. The number of rotatable bonds is 9. The molecule has 154 valence electrons. The molecule has 3 N–H and O–H groups in total. The Morgan fingerprint density at radius 2 is 1.59 bits per heavy atom. The average molecular weight is 398 g/mol. The van der Waals surface area contributed by atoms with E-state index in [1.54, 1.807) is 14.2 Å². The summed E-state index contributed by atoms with van der Waals surface area (Å²) in [4.78, 5) is 4.57. The van der Waals surface area contributed by atoms with E-state index in [0.29, 0.717) is 47.9 Å². The van der Waals surface area contributed by atoms with Crippen molar-refractivity contribution in [2.45, 2.75) is 19.9 Å². The van der Waals surface area contributed by atoms with Crippen LogP contribution < -0.4 is 24.7 Å². The highest BCUT2D eigenvalue weighted by Crippen LogP contribution is 2.33. The highest BCUT2D eigenvalue weighted by Gasteiger charge is 2.18. The predicted molar refractivity (Wildman–Crippen MR) is 110 cm³/mol. The molecule has 1 heterocycles. The molecule has 0 amide bonds. The first-order valence-corrected chi connectivity index (χ1v) is 9.41. The molecule has 3 rings (SSSR count). The van der Waals surface area contributed by atoms with Crippen LogP contribution in [0.25, 0.3) is 11.4 Å². The maximum Gasteiger partial charge on any atom is 0.181 e. The fourth-order valence-electron chi connectivity index (χ4n) is 2.94. The molecule has 0 aliphatic heterocycles. The number of benzene rings is 2. The average Bonchev–Trinajstić information content (AvgIpc) is 3.24. The van der Waals surface area contributed by atoms with Gasteiger partial charge in [-0.3, -0.25) is 5.10 Å². The van der Waals surface area contributed by atoms with Crippen molar-refractivity contribution in [3.05, 3.63) is 47.8 Å². The van der Waals surface area contributed by atoms with E-state index in [0.717, 1.165) is 11.1 Å². The van der Waals surface area contributed by atoms with E-state index >= 15 is 0 Å². The van der Waals surface area contributed by atoms with Crippen molar-refractivity contribution in [1.29, 1.82) is 0 Å². The Kier molecular flexibility index (Phi) is 6.56. The molecule has 0 saturated heterocycles. The Morgan fingerprint density at radius 1 is 0.897 bits per heavy atom. The first-order chi connectivity index (χ1) is 14.1. The summed E-state index contributed by atoms with van der Waals surface area (Å²) in [5.74, 6) is 3.66. The van der Waals surface area contributed by atoms with Gasteiger partial charge in [-0.2, -0.15) is 5.10 Å². The highest BCUT2D eigenvalue weighted by molar-refractivity contribution is 5.61. The summed E-state index contributed by atoms with van der Waals surface area (Å²) in [6, 6.07) is 10.6. The number of ether oxygens (including phenoxy) is 4. The third kappa shape index (κ3) is 4.43. The molecule has 8 heteroatoms. The molecular formula is C21H26N4O4. The third-order valence-electron chi connectivity index (χ3n) is 4.37.